The Hall–Kier alpha value is -3.98. The largest absolute Gasteiger partial charge is 0.396 e. The minimum Gasteiger partial charge on any atom is -0.396 e. The molecule has 1 aromatic heterocycles. The molecule has 3 amide bonds. The zero-order valence-electron chi connectivity index (χ0n) is 23.3. The highest BCUT2D eigenvalue weighted by molar-refractivity contribution is 6.27. The molecule has 16 heteroatoms. The van der Waals surface area contributed by atoms with Gasteiger partial charge in [0, 0.05) is 52.4 Å². The second-order valence-electron chi connectivity index (χ2n) is 9.95. The number of para-hydroxylation sites is 1. The first kappa shape index (κ1) is 31.0. The number of piperazine rings is 1. The van der Waals surface area contributed by atoms with E-state index in [-0.39, 0.29) is 80.3 Å². The average molecular weight is 607 g/mol. The summed E-state index contributed by atoms with van der Waals surface area (Å²) in [5.41, 5.74) is 0.330. The molecule has 2 unspecified atom stereocenters. The van der Waals surface area contributed by atoms with Gasteiger partial charge in [-0.2, -0.15) is 15.0 Å². The fourth-order valence-corrected chi connectivity index (χ4v) is 4.98. The standard InChI is InChI=1S/C26H36ClFN10O4/c1-29-24-34-25(33-17(7-11-39)14-31-19-5-3-2-4-18(19)28)36-26(35-24)37-9-10-38(21(40)12-27)20(15-37)23(42)32-13-16-6-8-30-22(16)41/h2-5,16-17,20,31,39H,6-15H2,1H3,(H,30,41)(H,32,42)(H2,29,33,34,35,36)/t16?,17-,20?/m0/s1. The molecule has 0 bridgehead atoms. The van der Waals surface area contributed by atoms with Gasteiger partial charge in [0.1, 0.15) is 17.7 Å². The summed E-state index contributed by atoms with van der Waals surface area (Å²) in [6.45, 7) is 1.51. The lowest BCUT2D eigenvalue weighted by molar-refractivity contribution is -0.139. The summed E-state index contributed by atoms with van der Waals surface area (Å²) in [4.78, 5) is 54.4. The number of carbonyl (C=O) groups is 3. The smallest absolute Gasteiger partial charge is 0.244 e. The molecule has 0 saturated carbocycles. The first-order chi connectivity index (χ1) is 20.3. The molecule has 3 heterocycles. The molecule has 3 atom stereocenters. The fourth-order valence-electron chi connectivity index (χ4n) is 4.83. The zero-order chi connectivity index (χ0) is 30.1. The van der Waals surface area contributed by atoms with Gasteiger partial charge in [0.2, 0.25) is 35.6 Å². The third-order valence-electron chi connectivity index (χ3n) is 7.16. The number of amides is 3. The third kappa shape index (κ3) is 7.85. The van der Waals surface area contributed by atoms with Crippen molar-refractivity contribution in [3.05, 3.63) is 30.1 Å². The Morgan fingerprint density at radius 1 is 1.21 bits per heavy atom. The van der Waals surface area contributed by atoms with Crippen LogP contribution in [0, 0.1) is 11.7 Å². The molecule has 42 heavy (non-hydrogen) atoms. The van der Waals surface area contributed by atoms with E-state index in [4.69, 9.17) is 11.6 Å². The minimum absolute atomic E-state index is 0.0901. The number of hydrogen-bond donors (Lipinski definition) is 6. The summed E-state index contributed by atoms with van der Waals surface area (Å²) in [7, 11) is 1.65. The van der Waals surface area contributed by atoms with Gasteiger partial charge in [-0.3, -0.25) is 14.4 Å². The highest BCUT2D eigenvalue weighted by atomic mass is 35.5. The zero-order valence-corrected chi connectivity index (χ0v) is 24.0. The van der Waals surface area contributed by atoms with Crippen LogP contribution >= 0.6 is 11.6 Å². The lowest BCUT2D eigenvalue weighted by atomic mass is 10.1. The van der Waals surface area contributed by atoms with E-state index in [0.29, 0.717) is 31.6 Å². The Balaban J connectivity index is 1.49. The summed E-state index contributed by atoms with van der Waals surface area (Å²) < 4.78 is 14.1. The molecular formula is C26H36ClFN10O4. The number of anilines is 4. The number of halogens is 2. The molecule has 1 aromatic carbocycles. The van der Waals surface area contributed by atoms with Gasteiger partial charge in [0.15, 0.2) is 0 Å². The maximum atomic E-state index is 14.1. The highest BCUT2D eigenvalue weighted by Crippen LogP contribution is 2.21. The van der Waals surface area contributed by atoms with E-state index in [9.17, 15) is 23.9 Å². The van der Waals surface area contributed by atoms with Crippen LogP contribution in [0.3, 0.4) is 0 Å². The van der Waals surface area contributed by atoms with E-state index in [1.54, 1.807) is 30.1 Å². The summed E-state index contributed by atoms with van der Waals surface area (Å²) in [6, 6.07) is 5.05. The van der Waals surface area contributed by atoms with Crippen LogP contribution in [0.1, 0.15) is 12.8 Å². The quantitative estimate of drug-likeness (QED) is 0.167. The van der Waals surface area contributed by atoms with Gasteiger partial charge < -0.3 is 41.5 Å². The molecule has 0 spiro atoms. The van der Waals surface area contributed by atoms with Crippen LogP contribution in [-0.2, 0) is 14.4 Å². The molecule has 0 aliphatic carbocycles. The molecule has 2 aliphatic heterocycles. The van der Waals surface area contributed by atoms with Gasteiger partial charge in [0.25, 0.3) is 0 Å². The van der Waals surface area contributed by atoms with Crippen molar-refractivity contribution < 1.29 is 23.9 Å². The Kier molecular flexibility index (Phi) is 10.9. The van der Waals surface area contributed by atoms with Gasteiger partial charge in [0.05, 0.1) is 18.2 Å². The second kappa shape index (κ2) is 14.8. The van der Waals surface area contributed by atoms with E-state index in [2.05, 4.69) is 41.5 Å². The van der Waals surface area contributed by atoms with E-state index in [1.165, 1.54) is 11.0 Å². The molecule has 2 aromatic rings. The number of alkyl halides is 1. The number of hydrogen-bond acceptors (Lipinski definition) is 11. The molecule has 0 radical (unpaired) electrons. The molecule has 228 valence electrons. The molecule has 4 rings (SSSR count). The lowest BCUT2D eigenvalue weighted by Crippen LogP contribution is -2.61. The third-order valence-corrected chi connectivity index (χ3v) is 7.39. The monoisotopic (exact) mass is 606 g/mol. The van der Waals surface area contributed by atoms with Crippen molar-refractivity contribution in [2.45, 2.75) is 24.9 Å². The van der Waals surface area contributed by atoms with Crippen molar-refractivity contribution in [2.75, 3.05) is 79.7 Å². The van der Waals surface area contributed by atoms with Crippen LogP contribution in [-0.4, -0.2) is 114 Å². The summed E-state index contributed by atoms with van der Waals surface area (Å²) >= 11 is 5.83. The van der Waals surface area contributed by atoms with E-state index < -0.39 is 17.8 Å². The summed E-state index contributed by atoms with van der Waals surface area (Å²) in [5.74, 6) is -1.12. The van der Waals surface area contributed by atoms with Crippen LogP contribution < -0.4 is 31.5 Å². The van der Waals surface area contributed by atoms with Gasteiger partial charge in [-0.15, -0.1) is 11.6 Å². The Morgan fingerprint density at radius 3 is 2.69 bits per heavy atom. The molecule has 2 saturated heterocycles. The normalized spacial score (nSPS) is 19.2. The number of benzene rings is 1. The van der Waals surface area contributed by atoms with Gasteiger partial charge in [-0.1, -0.05) is 12.1 Å². The summed E-state index contributed by atoms with van der Waals surface area (Å²) in [6.07, 6.45) is 0.957. The van der Waals surface area contributed by atoms with Crippen molar-refractivity contribution in [3.8, 4) is 0 Å². The minimum atomic E-state index is -0.882. The Bertz CT molecular complexity index is 1260. The number of aliphatic hydroxyl groups is 1. The van der Waals surface area contributed by atoms with Gasteiger partial charge in [-0.05, 0) is 25.0 Å². The topological polar surface area (TPSA) is 177 Å². The number of nitrogens with one attached hydrogen (secondary N) is 5. The highest BCUT2D eigenvalue weighted by Gasteiger charge is 2.37. The van der Waals surface area contributed by atoms with Crippen molar-refractivity contribution in [2.24, 2.45) is 5.92 Å². The van der Waals surface area contributed by atoms with Crippen LogP contribution in [0.4, 0.5) is 27.9 Å². The fraction of sp³-hybridized carbons (Fsp3) is 0.538. The van der Waals surface area contributed by atoms with Crippen molar-refractivity contribution >= 4 is 52.9 Å². The van der Waals surface area contributed by atoms with Crippen LogP contribution in [0.5, 0.6) is 0 Å². The molecule has 2 fully saturated rings. The van der Waals surface area contributed by atoms with Crippen molar-refractivity contribution in [1.82, 2.24) is 30.5 Å². The second-order valence-corrected chi connectivity index (χ2v) is 10.2. The molecule has 2 aliphatic rings. The molecule has 6 N–H and O–H groups in total. The van der Waals surface area contributed by atoms with E-state index >= 15 is 0 Å². The molecule has 14 nitrogen and oxygen atoms in total. The average Bonchev–Trinajstić information content (AvgIpc) is 3.42. The number of aromatic nitrogens is 3. The van der Waals surface area contributed by atoms with Crippen LogP contribution in [0.25, 0.3) is 0 Å². The van der Waals surface area contributed by atoms with E-state index in [0.717, 1.165) is 0 Å². The molecular weight excluding hydrogens is 571 g/mol. The van der Waals surface area contributed by atoms with E-state index in [1.807, 2.05) is 0 Å². The Labute approximate surface area is 247 Å². The lowest BCUT2D eigenvalue weighted by Gasteiger charge is -2.40. The Morgan fingerprint density at radius 2 is 2.00 bits per heavy atom. The number of aliphatic hydroxyl groups excluding tert-OH is 1. The predicted molar refractivity (Wildman–Crippen MR) is 156 cm³/mol. The first-order valence-corrected chi connectivity index (χ1v) is 14.3. The van der Waals surface area contributed by atoms with Gasteiger partial charge >= 0.3 is 0 Å². The van der Waals surface area contributed by atoms with Gasteiger partial charge in [-0.25, -0.2) is 4.39 Å². The maximum Gasteiger partial charge on any atom is 0.244 e. The summed E-state index contributed by atoms with van der Waals surface area (Å²) in [5, 5.41) is 24.3. The van der Waals surface area contributed by atoms with Crippen LogP contribution in [0.2, 0.25) is 0 Å². The van der Waals surface area contributed by atoms with Crippen LogP contribution in [0.15, 0.2) is 24.3 Å². The number of nitrogens with zero attached hydrogens (tertiary/aromatic N) is 5. The predicted octanol–water partition coefficient (Wildman–Crippen LogP) is -0.164. The number of rotatable bonds is 13. The maximum absolute atomic E-state index is 14.1. The number of carbonyl (C=O) groups excluding carboxylic acids is 3. The van der Waals surface area contributed by atoms with Crippen molar-refractivity contribution in [1.29, 1.82) is 0 Å². The SMILES string of the molecule is CNc1nc(N[C@@H](CCO)CNc2ccccc2F)nc(N2CCN(C(=O)CCl)C(C(=O)NCC3CCNC3=O)C2)n1. The first-order valence-electron chi connectivity index (χ1n) is 13.8. The van der Waals surface area contributed by atoms with Crippen molar-refractivity contribution in [3.63, 3.8) is 0 Å².